The highest BCUT2D eigenvalue weighted by molar-refractivity contribution is 6.10. The number of hydrogen-bond acceptors (Lipinski definition) is 5. The van der Waals surface area contributed by atoms with E-state index in [1.54, 1.807) is 12.3 Å². The van der Waals surface area contributed by atoms with Crippen molar-refractivity contribution in [3.8, 4) is 11.5 Å². The van der Waals surface area contributed by atoms with Crippen LogP contribution >= 0.6 is 0 Å². The fourth-order valence-electron chi connectivity index (χ4n) is 3.27. The Morgan fingerprint density at radius 2 is 1.90 bits per heavy atom. The number of rotatable bonds is 6. The third kappa shape index (κ3) is 4.41. The van der Waals surface area contributed by atoms with Crippen molar-refractivity contribution in [2.75, 3.05) is 10.8 Å². The predicted molar refractivity (Wildman–Crippen MR) is 123 cm³/mol. The number of anilines is 2. The molecule has 2 aromatic carbocycles. The molecule has 0 atom stereocenters. The molecule has 7 heteroatoms. The van der Waals surface area contributed by atoms with Gasteiger partial charge in [0, 0.05) is 42.1 Å². The molecule has 0 bridgehead atoms. The zero-order valence-electron chi connectivity index (χ0n) is 17.3. The summed E-state index contributed by atoms with van der Waals surface area (Å²) in [6, 6.07) is 15.2. The highest BCUT2D eigenvalue weighted by Gasteiger charge is 2.10. The molecule has 0 aliphatic heterocycles. The summed E-state index contributed by atoms with van der Waals surface area (Å²) in [6.07, 6.45) is 7.04. The van der Waals surface area contributed by atoms with E-state index in [9.17, 15) is 5.21 Å². The number of hydrogen-bond donors (Lipinski definition) is 3. The van der Waals surface area contributed by atoms with Crippen molar-refractivity contribution in [1.82, 2.24) is 9.38 Å². The van der Waals surface area contributed by atoms with Crippen LogP contribution < -0.4 is 15.5 Å². The van der Waals surface area contributed by atoms with Gasteiger partial charge < -0.3 is 14.5 Å². The summed E-state index contributed by atoms with van der Waals surface area (Å²) in [5, 5.41) is 12.6. The summed E-state index contributed by atoms with van der Waals surface area (Å²) in [4.78, 5) is 8.68. The molecule has 0 fully saturated rings. The Balaban J connectivity index is 1.57. The van der Waals surface area contributed by atoms with Crippen molar-refractivity contribution in [2.45, 2.75) is 13.8 Å². The summed E-state index contributed by atoms with van der Waals surface area (Å²) in [7, 11) is 0. The van der Waals surface area contributed by atoms with Gasteiger partial charge in [-0.2, -0.15) is 0 Å². The Morgan fingerprint density at radius 1 is 1.06 bits per heavy atom. The molecule has 4 rings (SSSR count). The van der Waals surface area contributed by atoms with E-state index in [1.165, 1.54) is 6.20 Å². The summed E-state index contributed by atoms with van der Waals surface area (Å²) >= 11 is 0. The average Bonchev–Trinajstić information content (AvgIpc) is 3.24. The number of fused-ring (bicyclic) bond motifs is 1. The van der Waals surface area contributed by atoms with Crippen LogP contribution in [0.15, 0.2) is 84.9 Å². The molecule has 0 unspecified atom stereocenters. The maximum absolute atomic E-state index is 9.24. The Bertz CT molecular complexity index is 1280. The zero-order valence-corrected chi connectivity index (χ0v) is 17.3. The van der Waals surface area contributed by atoms with Gasteiger partial charge in [-0.05, 0) is 61.4 Å². The molecule has 2 heterocycles. The lowest BCUT2D eigenvalue weighted by atomic mass is 10.1. The lowest BCUT2D eigenvalue weighted by molar-refractivity contribution is 0.389. The number of aliphatic imine (C=N–C) groups is 1. The van der Waals surface area contributed by atoms with Gasteiger partial charge >= 0.3 is 0 Å². The van der Waals surface area contributed by atoms with Crippen LogP contribution in [0, 0.1) is 13.8 Å². The van der Waals surface area contributed by atoms with Gasteiger partial charge in [-0.1, -0.05) is 12.6 Å². The third-order valence-electron chi connectivity index (χ3n) is 4.88. The molecule has 3 N–H and O–H groups in total. The van der Waals surface area contributed by atoms with Crippen LogP contribution in [0.1, 0.15) is 16.7 Å². The van der Waals surface area contributed by atoms with Crippen LogP contribution in [0.4, 0.5) is 11.4 Å². The van der Waals surface area contributed by atoms with Gasteiger partial charge in [-0.3, -0.25) is 10.7 Å². The minimum Gasteiger partial charge on any atom is -0.457 e. The molecule has 0 aliphatic carbocycles. The topological polar surface area (TPSA) is 83.2 Å². The van der Waals surface area contributed by atoms with E-state index in [0.717, 1.165) is 39.5 Å². The second-order valence-electron chi connectivity index (χ2n) is 7.06. The first kappa shape index (κ1) is 20.2. The Kier molecular flexibility index (Phi) is 5.68. The molecule has 7 nitrogen and oxygen atoms in total. The SMILES string of the molecule is C=C/N=C(/Nc1ccc(Oc2ccn3ccnc3c2)c(C)c1)c1cc(NO)ccc1C. The largest absolute Gasteiger partial charge is 0.457 e. The van der Waals surface area contributed by atoms with E-state index < -0.39 is 0 Å². The van der Waals surface area contributed by atoms with E-state index in [2.05, 4.69) is 27.4 Å². The van der Waals surface area contributed by atoms with Crippen molar-refractivity contribution < 1.29 is 9.94 Å². The third-order valence-corrected chi connectivity index (χ3v) is 4.88. The first-order chi connectivity index (χ1) is 15.1. The first-order valence-corrected chi connectivity index (χ1v) is 9.75. The van der Waals surface area contributed by atoms with Crippen LogP contribution in [-0.2, 0) is 0 Å². The second-order valence-corrected chi connectivity index (χ2v) is 7.06. The number of nitrogens with one attached hydrogen (secondary N) is 2. The smallest absolute Gasteiger partial charge is 0.140 e. The minimum atomic E-state index is 0.577. The van der Waals surface area contributed by atoms with E-state index >= 15 is 0 Å². The zero-order chi connectivity index (χ0) is 21.8. The Morgan fingerprint density at radius 3 is 2.68 bits per heavy atom. The molecular formula is C24H23N5O2. The minimum absolute atomic E-state index is 0.577. The molecular weight excluding hydrogens is 390 g/mol. The molecule has 156 valence electrons. The standard InChI is InChI=1S/C24H23N5O2/c1-4-25-24(21-14-19(28-30)6-5-16(21)2)27-18-7-8-22(17(3)13-18)31-20-9-11-29-12-10-26-23(29)15-20/h4-15,28,30H,1H2,2-3H3,(H,25,27). The highest BCUT2D eigenvalue weighted by Crippen LogP contribution is 2.28. The van der Waals surface area contributed by atoms with Gasteiger partial charge in [0.2, 0.25) is 0 Å². The number of imidazole rings is 1. The van der Waals surface area contributed by atoms with Crippen molar-refractivity contribution in [3.63, 3.8) is 0 Å². The lowest BCUT2D eigenvalue weighted by Crippen LogP contribution is -2.15. The molecule has 0 spiro atoms. The van der Waals surface area contributed by atoms with Crippen LogP contribution in [-0.4, -0.2) is 20.4 Å². The van der Waals surface area contributed by atoms with Crippen LogP contribution in [0.2, 0.25) is 0 Å². The van der Waals surface area contributed by atoms with Gasteiger partial charge in [0.05, 0.1) is 5.69 Å². The van der Waals surface area contributed by atoms with Crippen LogP contribution in [0.5, 0.6) is 11.5 Å². The van der Waals surface area contributed by atoms with Crippen LogP contribution in [0.25, 0.3) is 5.65 Å². The maximum atomic E-state index is 9.24. The van der Waals surface area contributed by atoms with Gasteiger partial charge in [-0.15, -0.1) is 0 Å². The highest BCUT2D eigenvalue weighted by atomic mass is 16.5. The number of nitrogens with zero attached hydrogens (tertiary/aromatic N) is 3. The van der Waals surface area contributed by atoms with Gasteiger partial charge in [0.1, 0.15) is 23.0 Å². The summed E-state index contributed by atoms with van der Waals surface area (Å²) < 4.78 is 7.99. The molecule has 0 saturated carbocycles. The number of ether oxygens (including phenoxy) is 1. The number of amidine groups is 1. The Hall–Kier alpha value is -4.10. The fourth-order valence-corrected chi connectivity index (χ4v) is 3.27. The summed E-state index contributed by atoms with van der Waals surface area (Å²) in [6.45, 7) is 7.69. The summed E-state index contributed by atoms with van der Waals surface area (Å²) in [5.74, 6) is 2.11. The number of pyridine rings is 1. The summed E-state index contributed by atoms with van der Waals surface area (Å²) in [5.41, 5.74) is 7.27. The Labute approximate surface area is 180 Å². The number of aryl methyl sites for hydroxylation is 2. The maximum Gasteiger partial charge on any atom is 0.140 e. The molecule has 0 saturated heterocycles. The molecule has 0 amide bonds. The second kappa shape index (κ2) is 8.73. The molecule has 4 aromatic rings. The van der Waals surface area contributed by atoms with E-state index in [4.69, 9.17) is 4.74 Å². The molecule has 31 heavy (non-hydrogen) atoms. The molecule has 0 radical (unpaired) electrons. The van der Waals surface area contributed by atoms with Gasteiger partial charge in [0.15, 0.2) is 0 Å². The van der Waals surface area contributed by atoms with Crippen molar-refractivity contribution in [3.05, 3.63) is 96.6 Å². The van der Waals surface area contributed by atoms with Crippen molar-refractivity contribution in [1.29, 1.82) is 0 Å². The normalized spacial score (nSPS) is 11.4. The molecule has 0 aliphatic rings. The lowest BCUT2D eigenvalue weighted by Gasteiger charge is -2.15. The first-order valence-electron chi connectivity index (χ1n) is 9.75. The van der Waals surface area contributed by atoms with Gasteiger partial charge in [-0.25, -0.2) is 9.98 Å². The van der Waals surface area contributed by atoms with Gasteiger partial charge in [0.25, 0.3) is 0 Å². The predicted octanol–water partition coefficient (Wildman–Crippen LogP) is 5.55. The van der Waals surface area contributed by atoms with Crippen molar-refractivity contribution in [2.24, 2.45) is 4.99 Å². The molecule has 2 aromatic heterocycles. The van der Waals surface area contributed by atoms with E-state index in [1.807, 2.05) is 73.1 Å². The van der Waals surface area contributed by atoms with E-state index in [0.29, 0.717) is 11.5 Å². The van der Waals surface area contributed by atoms with Crippen molar-refractivity contribution >= 4 is 22.9 Å². The number of benzene rings is 2. The monoisotopic (exact) mass is 413 g/mol. The quantitative estimate of drug-likeness (QED) is 0.219. The fraction of sp³-hybridized carbons (Fsp3) is 0.0833. The average molecular weight is 413 g/mol. The van der Waals surface area contributed by atoms with Crippen LogP contribution in [0.3, 0.4) is 0 Å². The number of aromatic nitrogens is 2. The van der Waals surface area contributed by atoms with E-state index in [-0.39, 0.29) is 0 Å².